The van der Waals surface area contributed by atoms with Crippen molar-refractivity contribution in [2.75, 3.05) is 0 Å². The summed E-state index contributed by atoms with van der Waals surface area (Å²) in [7, 11) is 0. The van der Waals surface area contributed by atoms with Gasteiger partial charge in [-0.15, -0.1) is 11.3 Å². The van der Waals surface area contributed by atoms with Crippen LogP contribution in [0.3, 0.4) is 0 Å². The minimum atomic E-state index is 0.0854. The number of thiophene rings is 1. The topological polar surface area (TPSA) is 17.1 Å². The molecule has 0 aliphatic heterocycles. The van der Waals surface area contributed by atoms with Crippen molar-refractivity contribution >= 4 is 33.0 Å². The first-order chi connectivity index (χ1) is 8.08. The van der Waals surface area contributed by atoms with Gasteiger partial charge in [0.05, 0.1) is 3.79 Å². The summed E-state index contributed by atoms with van der Waals surface area (Å²) in [6, 6.07) is 9.73. The Kier molecular flexibility index (Phi) is 3.79. The molecule has 0 saturated carbocycles. The third-order valence-electron chi connectivity index (χ3n) is 2.67. The lowest BCUT2D eigenvalue weighted by Crippen LogP contribution is -1.99. The number of halogens is 1. The molecule has 0 unspecified atom stereocenters. The largest absolute Gasteiger partial charge is 0.289 e. The maximum atomic E-state index is 12.1. The average molecular weight is 309 g/mol. The average Bonchev–Trinajstić information content (AvgIpc) is 2.75. The van der Waals surface area contributed by atoms with Crippen molar-refractivity contribution in [1.29, 1.82) is 0 Å². The molecule has 88 valence electrons. The van der Waals surface area contributed by atoms with Gasteiger partial charge in [-0.2, -0.15) is 0 Å². The quantitative estimate of drug-likeness (QED) is 0.740. The van der Waals surface area contributed by atoms with Crippen LogP contribution >= 0.6 is 27.3 Å². The highest BCUT2D eigenvalue weighted by Gasteiger charge is 2.11. The molecule has 0 radical (unpaired) electrons. The number of ketones is 1. The lowest BCUT2D eigenvalue weighted by atomic mass is 9.99. The predicted molar refractivity (Wildman–Crippen MR) is 76.0 cm³/mol. The van der Waals surface area contributed by atoms with Gasteiger partial charge in [-0.05, 0) is 33.5 Å². The highest BCUT2D eigenvalue weighted by atomic mass is 79.9. The Labute approximate surface area is 114 Å². The minimum Gasteiger partial charge on any atom is -0.289 e. The van der Waals surface area contributed by atoms with Crippen molar-refractivity contribution < 1.29 is 4.79 Å². The van der Waals surface area contributed by atoms with Gasteiger partial charge >= 0.3 is 0 Å². The monoisotopic (exact) mass is 308 g/mol. The highest BCUT2D eigenvalue weighted by molar-refractivity contribution is 9.11. The standard InChI is InChI=1S/C14H13BrOS/c1-9(2)10-3-5-11(6-4-10)14(16)12-7-13(15)17-8-12/h3-9H,1-2H3. The van der Waals surface area contributed by atoms with E-state index < -0.39 is 0 Å². The molecule has 0 N–H and O–H groups in total. The zero-order chi connectivity index (χ0) is 12.4. The van der Waals surface area contributed by atoms with Crippen LogP contribution in [-0.2, 0) is 0 Å². The van der Waals surface area contributed by atoms with Crippen LogP contribution in [0.1, 0.15) is 41.3 Å². The van der Waals surface area contributed by atoms with E-state index in [1.807, 2.05) is 35.7 Å². The zero-order valence-electron chi connectivity index (χ0n) is 9.74. The van der Waals surface area contributed by atoms with Crippen molar-refractivity contribution in [1.82, 2.24) is 0 Å². The fraction of sp³-hybridized carbons (Fsp3) is 0.214. The van der Waals surface area contributed by atoms with E-state index >= 15 is 0 Å². The molecule has 0 aliphatic carbocycles. The van der Waals surface area contributed by atoms with Crippen molar-refractivity contribution in [3.05, 3.63) is 56.2 Å². The summed E-state index contributed by atoms with van der Waals surface area (Å²) in [6.45, 7) is 4.29. The smallest absolute Gasteiger partial charge is 0.193 e. The first kappa shape index (κ1) is 12.5. The van der Waals surface area contributed by atoms with Gasteiger partial charge in [0.2, 0.25) is 0 Å². The SMILES string of the molecule is CC(C)c1ccc(C(=O)c2csc(Br)c2)cc1. The number of hydrogen-bond donors (Lipinski definition) is 0. The van der Waals surface area contributed by atoms with Gasteiger partial charge in [-0.1, -0.05) is 38.1 Å². The van der Waals surface area contributed by atoms with Gasteiger partial charge in [0, 0.05) is 16.5 Å². The van der Waals surface area contributed by atoms with Crippen molar-refractivity contribution in [2.45, 2.75) is 19.8 Å². The molecule has 1 aromatic heterocycles. The lowest BCUT2D eigenvalue weighted by molar-refractivity contribution is 0.103. The fourth-order valence-corrected chi connectivity index (χ4v) is 2.75. The number of rotatable bonds is 3. The highest BCUT2D eigenvalue weighted by Crippen LogP contribution is 2.23. The molecule has 0 saturated heterocycles. The molecule has 0 fully saturated rings. The van der Waals surface area contributed by atoms with E-state index in [1.165, 1.54) is 16.9 Å². The van der Waals surface area contributed by atoms with Crippen molar-refractivity contribution in [3.8, 4) is 0 Å². The zero-order valence-corrected chi connectivity index (χ0v) is 12.1. The Bertz CT molecular complexity index is 525. The Morgan fingerprint density at radius 3 is 2.29 bits per heavy atom. The van der Waals surface area contributed by atoms with Crippen LogP contribution in [0.25, 0.3) is 0 Å². The molecule has 0 amide bonds. The molecule has 0 aliphatic rings. The molecular formula is C14H13BrOS. The van der Waals surface area contributed by atoms with Crippen molar-refractivity contribution in [3.63, 3.8) is 0 Å². The predicted octanol–water partition coefficient (Wildman–Crippen LogP) is 4.87. The Hall–Kier alpha value is -0.930. The summed E-state index contributed by atoms with van der Waals surface area (Å²) in [5.74, 6) is 0.580. The number of carbonyl (C=O) groups is 1. The van der Waals surface area contributed by atoms with Crippen LogP contribution in [0, 0.1) is 0 Å². The molecule has 1 aromatic carbocycles. The summed E-state index contributed by atoms with van der Waals surface area (Å²) in [5, 5.41) is 1.88. The molecular weight excluding hydrogens is 296 g/mol. The van der Waals surface area contributed by atoms with Crippen molar-refractivity contribution in [2.24, 2.45) is 0 Å². The molecule has 2 rings (SSSR count). The third-order valence-corrected chi connectivity index (χ3v) is 4.17. The second-order valence-corrected chi connectivity index (χ2v) is 6.54. The van der Waals surface area contributed by atoms with E-state index in [9.17, 15) is 4.79 Å². The van der Waals surface area contributed by atoms with Gasteiger partial charge in [0.25, 0.3) is 0 Å². The van der Waals surface area contributed by atoms with Crippen LogP contribution < -0.4 is 0 Å². The second-order valence-electron chi connectivity index (χ2n) is 4.25. The van der Waals surface area contributed by atoms with E-state index in [1.54, 1.807) is 0 Å². The van der Waals surface area contributed by atoms with Crippen LogP contribution in [0.2, 0.25) is 0 Å². The van der Waals surface area contributed by atoms with Gasteiger partial charge in [-0.3, -0.25) is 4.79 Å². The Morgan fingerprint density at radius 2 is 1.82 bits per heavy atom. The van der Waals surface area contributed by atoms with Crippen LogP contribution in [0.4, 0.5) is 0 Å². The van der Waals surface area contributed by atoms with E-state index in [4.69, 9.17) is 0 Å². The van der Waals surface area contributed by atoms with Gasteiger partial charge in [-0.25, -0.2) is 0 Å². The normalized spacial score (nSPS) is 10.8. The van der Waals surface area contributed by atoms with Crippen LogP contribution in [0.15, 0.2) is 39.5 Å². The fourth-order valence-electron chi connectivity index (χ4n) is 1.62. The Morgan fingerprint density at radius 1 is 1.18 bits per heavy atom. The maximum absolute atomic E-state index is 12.1. The molecule has 2 aromatic rings. The van der Waals surface area contributed by atoms with E-state index in [-0.39, 0.29) is 5.78 Å². The Balaban J connectivity index is 2.26. The number of benzene rings is 1. The summed E-state index contributed by atoms with van der Waals surface area (Å²) < 4.78 is 0.986. The first-order valence-electron chi connectivity index (χ1n) is 5.46. The summed E-state index contributed by atoms with van der Waals surface area (Å²) in [4.78, 5) is 12.1. The molecule has 0 spiro atoms. The maximum Gasteiger partial charge on any atom is 0.193 e. The third kappa shape index (κ3) is 2.85. The minimum absolute atomic E-state index is 0.0854. The summed E-state index contributed by atoms with van der Waals surface area (Å²) >= 11 is 4.90. The summed E-state index contributed by atoms with van der Waals surface area (Å²) in [6.07, 6.45) is 0. The van der Waals surface area contributed by atoms with E-state index in [0.717, 1.165) is 14.9 Å². The van der Waals surface area contributed by atoms with Crippen LogP contribution in [-0.4, -0.2) is 5.78 Å². The molecule has 1 heterocycles. The molecule has 3 heteroatoms. The lowest BCUT2D eigenvalue weighted by Gasteiger charge is -2.05. The number of hydrogen-bond acceptors (Lipinski definition) is 2. The molecule has 17 heavy (non-hydrogen) atoms. The van der Waals surface area contributed by atoms with Gasteiger partial charge in [0.15, 0.2) is 5.78 Å². The number of carbonyl (C=O) groups excluding carboxylic acids is 1. The van der Waals surface area contributed by atoms with E-state index in [0.29, 0.717) is 5.92 Å². The van der Waals surface area contributed by atoms with E-state index in [2.05, 4.69) is 29.8 Å². The molecule has 0 bridgehead atoms. The summed E-state index contributed by atoms with van der Waals surface area (Å²) in [5.41, 5.74) is 2.76. The first-order valence-corrected chi connectivity index (χ1v) is 7.14. The van der Waals surface area contributed by atoms with Gasteiger partial charge < -0.3 is 0 Å². The van der Waals surface area contributed by atoms with Crippen LogP contribution in [0.5, 0.6) is 0 Å². The van der Waals surface area contributed by atoms with Gasteiger partial charge in [0.1, 0.15) is 0 Å². The molecule has 1 nitrogen and oxygen atoms in total. The molecule has 0 atom stereocenters. The second kappa shape index (κ2) is 5.15.